The van der Waals surface area contributed by atoms with E-state index in [9.17, 15) is 9.59 Å². The fourth-order valence-corrected chi connectivity index (χ4v) is 3.85. The molecule has 1 saturated heterocycles. The normalized spacial score (nSPS) is 16.7. The molecule has 132 valence electrons. The first-order chi connectivity index (χ1) is 12.1. The van der Waals surface area contributed by atoms with E-state index < -0.39 is 6.04 Å². The summed E-state index contributed by atoms with van der Waals surface area (Å²) < 4.78 is 10.5. The van der Waals surface area contributed by atoms with Gasteiger partial charge in [0.05, 0.1) is 12.0 Å². The van der Waals surface area contributed by atoms with Crippen LogP contribution in [0.5, 0.6) is 5.75 Å². The molecule has 0 radical (unpaired) electrons. The Hall–Kier alpha value is -2.05. The first-order valence-corrected chi connectivity index (χ1v) is 9.19. The Labute approximate surface area is 155 Å². The number of esters is 1. The van der Waals surface area contributed by atoms with E-state index in [-0.39, 0.29) is 11.9 Å². The molecule has 3 rings (SSSR count). The third-order valence-corrected chi connectivity index (χ3v) is 5.26. The van der Waals surface area contributed by atoms with E-state index in [2.05, 4.69) is 0 Å². The minimum absolute atomic E-state index is 0.132. The molecule has 1 aliphatic heterocycles. The van der Waals surface area contributed by atoms with Crippen LogP contribution in [0.1, 0.15) is 28.1 Å². The van der Waals surface area contributed by atoms with Crippen LogP contribution >= 0.6 is 22.9 Å². The second kappa shape index (κ2) is 7.89. The highest BCUT2D eigenvalue weighted by Crippen LogP contribution is 2.25. The minimum Gasteiger partial charge on any atom is -0.489 e. The van der Waals surface area contributed by atoms with Crippen molar-refractivity contribution < 1.29 is 19.1 Å². The van der Waals surface area contributed by atoms with Crippen molar-refractivity contribution in [1.82, 2.24) is 4.90 Å². The highest BCUT2D eigenvalue weighted by molar-refractivity contribution is 7.12. The van der Waals surface area contributed by atoms with Gasteiger partial charge < -0.3 is 14.4 Å². The number of thiophene rings is 1. The lowest BCUT2D eigenvalue weighted by molar-refractivity contribution is -0.145. The number of benzene rings is 1. The Balaban J connectivity index is 1.64. The Morgan fingerprint density at radius 2 is 2.20 bits per heavy atom. The van der Waals surface area contributed by atoms with Gasteiger partial charge in [-0.2, -0.15) is 0 Å². The van der Waals surface area contributed by atoms with Gasteiger partial charge in [-0.3, -0.25) is 4.79 Å². The number of methoxy groups -OCH3 is 1. The van der Waals surface area contributed by atoms with Gasteiger partial charge in [-0.15, -0.1) is 11.3 Å². The molecule has 2 heterocycles. The average molecular weight is 380 g/mol. The van der Waals surface area contributed by atoms with Gasteiger partial charge in [0, 0.05) is 17.1 Å². The van der Waals surface area contributed by atoms with E-state index in [0.29, 0.717) is 35.2 Å². The van der Waals surface area contributed by atoms with Crippen LogP contribution in [0.15, 0.2) is 35.7 Å². The minimum atomic E-state index is -0.481. The number of halogens is 1. The molecule has 1 aliphatic rings. The van der Waals surface area contributed by atoms with Crippen LogP contribution in [0.25, 0.3) is 0 Å². The fraction of sp³-hybridized carbons (Fsp3) is 0.333. The SMILES string of the molecule is COC(=O)C1CCCN1C(=O)c1cc(COc2cccc(Cl)c2)cs1. The molecular weight excluding hydrogens is 362 g/mol. The molecule has 2 aromatic rings. The number of nitrogens with zero attached hydrogens (tertiary/aromatic N) is 1. The Morgan fingerprint density at radius 3 is 2.96 bits per heavy atom. The maximum absolute atomic E-state index is 12.7. The topological polar surface area (TPSA) is 55.8 Å². The van der Waals surface area contributed by atoms with Gasteiger partial charge in [-0.25, -0.2) is 4.79 Å². The summed E-state index contributed by atoms with van der Waals surface area (Å²) in [5.74, 6) is 0.190. The standard InChI is InChI=1S/C18H18ClNO4S/c1-23-18(22)15-6-3-7-20(15)17(21)16-8-12(11-25-16)10-24-14-5-2-4-13(19)9-14/h2,4-5,8-9,11,15H,3,6-7,10H2,1H3. The zero-order valence-corrected chi connectivity index (χ0v) is 15.3. The summed E-state index contributed by atoms with van der Waals surface area (Å²) in [6, 6.07) is 8.50. The number of amides is 1. The Bertz CT molecular complexity index is 776. The number of ether oxygens (including phenoxy) is 2. The third-order valence-electron chi connectivity index (χ3n) is 4.05. The molecule has 5 nitrogen and oxygen atoms in total. The molecule has 0 spiro atoms. The van der Waals surface area contributed by atoms with Crippen molar-refractivity contribution in [1.29, 1.82) is 0 Å². The van der Waals surface area contributed by atoms with E-state index in [1.807, 2.05) is 23.6 Å². The quantitative estimate of drug-likeness (QED) is 0.742. The predicted molar refractivity (Wildman–Crippen MR) is 96.2 cm³/mol. The average Bonchev–Trinajstić information content (AvgIpc) is 3.28. The van der Waals surface area contributed by atoms with Gasteiger partial charge in [0.2, 0.25) is 0 Å². The summed E-state index contributed by atoms with van der Waals surface area (Å²) in [5, 5.41) is 2.50. The van der Waals surface area contributed by atoms with Crippen molar-refractivity contribution in [2.75, 3.05) is 13.7 Å². The molecule has 1 fully saturated rings. The van der Waals surface area contributed by atoms with Crippen LogP contribution in [-0.4, -0.2) is 36.5 Å². The number of likely N-dealkylation sites (tertiary alicyclic amines) is 1. The maximum Gasteiger partial charge on any atom is 0.328 e. The third kappa shape index (κ3) is 4.14. The van der Waals surface area contributed by atoms with Gasteiger partial charge in [-0.05, 0) is 42.5 Å². The van der Waals surface area contributed by atoms with E-state index in [4.69, 9.17) is 21.1 Å². The number of rotatable bonds is 5. The summed E-state index contributed by atoms with van der Waals surface area (Å²) in [7, 11) is 1.35. The Kier molecular flexibility index (Phi) is 5.60. The van der Waals surface area contributed by atoms with Crippen molar-refractivity contribution >= 4 is 34.8 Å². The lowest BCUT2D eigenvalue weighted by atomic mass is 10.2. The predicted octanol–water partition coefficient (Wildman–Crippen LogP) is 3.76. The smallest absolute Gasteiger partial charge is 0.328 e. The summed E-state index contributed by atoms with van der Waals surface area (Å²) in [6.45, 7) is 0.926. The van der Waals surface area contributed by atoms with Crippen molar-refractivity contribution in [3.63, 3.8) is 0 Å². The molecule has 0 bridgehead atoms. The number of carbonyl (C=O) groups is 2. The molecule has 1 aromatic heterocycles. The van der Waals surface area contributed by atoms with E-state index in [1.54, 1.807) is 17.0 Å². The molecule has 1 amide bonds. The molecule has 0 N–H and O–H groups in total. The first kappa shape index (κ1) is 17.8. The number of hydrogen-bond acceptors (Lipinski definition) is 5. The van der Waals surface area contributed by atoms with Crippen molar-refractivity contribution in [2.24, 2.45) is 0 Å². The molecule has 7 heteroatoms. The lowest BCUT2D eigenvalue weighted by Crippen LogP contribution is -2.40. The van der Waals surface area contributed by atoms with Crippen molar-refractivity contribution in [3.05, 3.63) is 51.2 Å². The van der Waals surface area contributed by atoms with Crippen molar-refractivity contribution in [2.45, 2.75) is 25.5 Å². The second-order valence-corrected chi connectivity index (χ2v) is 7.09. The fourth-order valence-electron chi connectivity index (χ4n) is 2.82. The molecule has 1 unspecified atom stereocenters. The highest BCUT2D eigenvalue weighted by Gasteiger charge is 2.35. The highest BCUT2D eigenvalue weighted by atomic mass is 35.5. The van der Waals surface area contributed by atoms with Crippen LogP contribution < -0.4 is 4.74 Å². The van der Waals surface area contributed by atoms with Gasteiger partial charge in [0.15, 0.2) is 0 Å². The van der Waals surface area contributed by atoms with Crippen LogP contribution in [0.2, 0.25) is 5.02 Å². The van der Waals surface area contributed by atoms with E-state index in [0.717, 1.165) is 12.0 Å². The van der Waals surface area contributed by atoms with Crippen LogP contribution in [0.3, 0.4) is 0 Å². The summed E-state index contributed by atoms with van der Waals surface area (Å²) in [5.41, 5.74) is 0.905. The molecule has 0 aliphatic carbocycles. The van der Waals surface area contributed by atoms with E-state index >= 15 is 0 Å². The van der Waals surface area contributed by atoms with Gasteiger partial charge in [0.1, 0.15) is 18.4 Å². The maximum atomic E-state index is 12.7. The summed E-state index contributed by atoms with van der Waals surface area (Å²) >= 11 is 7.28. The first-order valence-electron chi connectivity index (χ1n) is 7.93. The molecule has 25 heavy (non-hydrogen) atoms. The molecule has 1 atom stereocenters. The Morgan fingerprint density at radius 1 is 1.36 bits per heavy atom. The van der Waals surface area contributed by atoms with Crippen molar-refractivity contribution in [3.8, 4) is 5.75 Å². The zero-order valence-electron chi connectivity index (χ0n) is 13.7. The van der Waals surface area contributed by atoms with E-state index in [1.165, 1.54) is 18.4 Å². The number of hydrogen-bond donors (Lipinski definition) is 0. The molecular formula is C18H18ClNO4S. The molecule has 0 saturated carbocycles. The second-order valence-electron chi connectivity index (χ2n) is 5.74. The largest absolute Gasteiger partial charge is 0.489 e. The molecule has 1 aromatic carbocycles. The summed E-state index contributed by atoms with van der Waals surface area (Å²) in [4.78, 5) is 26.7. The summed E-state index contributed by atoms with van der Waals surface area (Å²) in [6.07, 6.45) is 1.45. The van der Waals surface area contributed by atoms with Gasteiger partial charge in [0.25, 0.3) is 5.91 Å². The zero-order chi connectivity index (χ0) is 17.8. The van der Waals surface area contributed by atoms with Gasteiger partial charge in [-0.1, -0.05) is 17.7 Å². The van der Waals surface area contributed by atoms with Crippen LogP contribution in [0.4, 0.5) is 0 Å². The van der Waals surface area contributed by atoms with Gasteiger partial charge >= 0.3 is 5.97 Å². The van der Waals surface area contributed by atoms with Crippen LogP contribution in [-0.2, 0) is 16.1 Å². The number of carbonyl (C=O) groups excluding carboxylic acids is 2. The lowest BCUT2D eigenvalue weighted by Gasteiger charge is -2.21. The van der Waals surface area contributed by atoms with Crippen LogP contribution in [0, 0.1) is 0 Å². The monoisotopic (exact) mass is 379 g/mol.